The number of benzene rings is 2. The average molecular weight is 352 g/mol. The lowest BCUT2D eigenvalue weighted by molar-refractivity contribution is -0.121. The van der Waals surface area contributed by atoms with E-state index in [1.54, 1.807) is 11.8 Å². The van der Waals surface area contributed by atoms with Crippen LogP contribution in [0.3, 0.4) is 0 Å². The number of nitrogens with zero attached hydrogens (tertiary/aromatic N) is 1. The molecule has 0 saturated heterocycles. The number of carbonyl (C=O) groups is 2. The SMILES string of the molecule is CC(=O)N(CCNC(=O)Cc1ccccc1C)c1c(C)cc(C)cc1C. The fourth-order valence-corrected chi connectivity index (χ4v) is 3.38. The summed E-state index contributed by atoms with van der Waals surface area (Å²) in [6.45, 7) is 10.5. The number of aryl methyl sites for hydroxylation is 4. The van der Waals surface area contributed by atoms with Crippen LogP contribution in [0.25, 0.3) is 0 Å². The van der Waals surface area contributed by atoms with Crippen molar-refractivity contribution >= 4 is 17.5 Å². The maximum absolute atomic E-state index is 12.2. The van der Waals surface area contributed by atoms with Gasteiger partial charge in [0.2, 0.25) is 11.8 Å². The van der Waals surface area contributed by atoms with Crippen molar-refractivity contribution in [3.05, 3.63) is 64.2 Å². The van der Waals surface area contributed by atoms with Gasteiger partial charge in [0.05, 0.1) is 6.42 Å². The summed E-state index contributed by atoms with van der Waals surface area (Å²) in [6.07, 6.45) is 0.356. The Morgan fingerprint density at radius 3 is 2.15 bits per heavy atom. The van der Waals surface area contributed by atoms with Crippen molar-refractivity contribution in [1.82, 2.24) is 5.32 Å². The van der Waals surface area contributed by atoms with E-state index in [-0.39, 0.29) is 11.8 Å². The van der Waals surface area contributed by atoms with E-state index in [0.29, 0.717) is 19.5 Å². The van der Waals surface area contributed by atoms with E-state index in [1.807, 2.05) is 52.0 Å². The highest BCUT2D eigenvalue weighted by Gasteiger charge is 2.17. The monoisotopic (exact) mass is 352 g/mol. The second-order valence-electron chi connectivity index (χ2n) is 6.87. The van der Waals surface area contributed by atoms with E-state index in [0.717, 1.165) is 27.9 Å². The molecule has 1 N–H and O–H groups in total. The number of rotatable bonds is 6. The number of hydrogen-bond acceptors (Lipinski definition) is 2. The van der Waals surface area contributed by atoms with Gasteiger partial charge in [-0.25, -0.2) is 0 Å². The minimum atomic E-state index is -0.0276. The Labute approximate surface area is 156 Å². The fourth-order valence-electron chi connectivity index (χ4n) is 3.38. The molecule has 0 bridgehead atoms. The van der Waals surface area contributed by atoms with Gasteiger partial charge in [-0.2, -0.15) is 0 Å². The summed E-state index contributed by atoms with van der Waals surface area (Å²) in [6, 6.07) is 12.0. The number of amides is 2. The van der Waals surface area contributed by atoms with Gasteiger partial charge in [-0.05, 0) is 49.9 Å². The molecule has 0 unspecified atom stereocenters. The smallest absolute Gasteiger partial charge is 0.224 e. The molecule has 0 spiro atoms. The molecule has 0 atom stereocenters. The number of nitrogens with one attached hydrogen (secondary N) is 1. The zero-order chi connectivity index (χ0) is 19.3. The second-order valence-corrected chi connectivity index (χ2v) is 6.87. The Bertz CT molecular complexity index is 789. The zero-order valence-corrected chi connectivity index (χ0v) is 16.3. The normalized spacial score (nSPS) is 10.5. The molecule has 0 aliphatic heterocycles. The molecule has 0 radical (unpaired) electrons. The zero-order valence-electron chi connectivity index (χ0n) is 16.3. The lowest BCUT2D eigenvalue weighted by Crippen LogP contribution is -2.38. The average Bonchev–Trinajstić information content (AvgIpc) is 2.54. The first-order valence-corrected chi connectivity index (χ1v) is 8.96. The van der Waals surface area contributed by atoms with Crippen LogP contribution in [0.1, 0.15) is 34.7 Å². The van der Waals surface area contributed by atoms with Gasteiger partial charge in [-0.3, -0.25) is 9.59 Å². The molecule has 4 nitrogen and oxygen atoms in total. The first-order valence-electron chi connectivity index (χ1n) is 8.96. The Balaban J connectivity index is 2.01. The Morgan fingerprint density at radius 2 is 1.58 bits per heavy atom. The molecule has 0 aromatic heterocycles. The molecule has 0 aliphatic rings. The van der Waals surface area contributed by atoms with E-state index in [9.17, 15) is 9.59 Å². The molecular weight excluding hydrogens is 324 g/mol. The van der Waals surface area contributed by atoms with Crippen LogP contribution in [0.2, 0.25) is 0 Å². The molecule has 0 fully saturated rings. The van der Waals surface area contributed by atoms with Crippen molar-refractivity contribution < 1.29 is 9.59 Å². The van der Waals surface area contributed by atoms with Crippen molar-refractivity contribution in [2.24, 2.45) is 0 Å². The van der Waals surface area contributed by atoms with Gasteiger partial charge in [0.25, 0.3) is 0 Å². The van der Waals surface area contributed by atoms with Crippen LogP contribution in [0, 0.1) is 27.7 Å². The van der Waals surface area contributed by atoms with E-state index < -0.39 is 0 Å². The molecule has 2 aromatic rings. The van der Waals surface area contributed by atoms with Crippen molar-refractivity contribution in [3.63, 3.8) is 0 Å². The molecular formula is C22H28N2O2. The van der Waals surface area contributed by atoms with E-state index in [1.165, 1.54) is 5.56 Å². The first-order chi connectivity index (χ1) is 12.3. The topological polar surface area (TPSA) is 49.4 Å². The predicted molar refractivity (Wildman–Crippen MR) is 107 cm³/mol. The molecule has 4 heteroatoms. The molecule has 0 heterocycles. The van der Waals surface area contributed by atoms with E-state index in [4.69, 9.17) is 0 Å². The second kappa shape index (κ2) is 8.65. The number of anilines is 1. The van der Waals surface area contributed by atoms with Gasteiger partial charge in [-0.15, -0.1) is 0 Å². The quantitative estimate of drug-likeness (QED) is 0.863. The lowest BCUT2D eigenvalue weighted by Gasteiger charge is -2.25. The van der Waals surface area contributed by atoms with Gasteiger partial charge >= 0.3 is 0 Å². The standard InChI is InChI=1S/C22H28N2O2/c1-15-12-17(3)22(18(4)13-15)24(19(5)25)11-10-23-21(26)14-20-9-7-6-8-16(20)2/h6-9,12-13H,10-11,14H2,1-5H3,(H,23,26). The minimum Gasteiger partial charge on any atom is -0.354 e. The summed E-state index contributed by atoms with van der Waals surface area (Å²) in [7, 11) is 0. The van der Waals surface area contributed by atoms with Gasteiger partial charge in [0.15, 0.2) is 0 Å². The summed E-state index contributed by atoms with van der Waals surface area (Å²) in [5.41, 5.74) is 6.40. The molecule has 0 saturated carbocycles. The highest BCUT2D eigenvalue weighted by atomic mass is 16.2. The number of carbonyl (C=O) groups excluding carboxylic acids is 2. The van der Waals surface area contributed by atoms with Crippen LogP contribution in [0.4, 0.5) is 5.69 Å². The van der Waals surface area contributed by atoms with Crippen LogP contribution >= 0.6 is 0 Å². The maximum atomic E-state index is 12.2. The first kappa shape index (κ1) is 19.7. The van der Waals surface area contributed by atoms with E-state index in [2.05, 4.69) is 17.4 Å². The Kier molecular flexibility index (Phi) is 6.56. The largest absolute Gasteiger partial charge is 0.354 e. The summed E-state index contributed by atoms with van der Waals surface area (Å²) >= 11 is 0. The van der Waals surface area contributed by atoms with Crippen LogP contribution in [-0.2, 0) is 16.0 Å². The Morgan fingerprint density at radius 1 is 0.962 bits per heavy atom. The third-order valence-corrected chi connectivity index (χ3v) is 4.56. The van der Waals surface area contributed by atoms with Crippen molar-refractivity contribution in [2.45, 2.75) is 41.0 Å². The Hall–Kier alpha value is -2.62. The summed E-state index contributed by atoms with van der Waals surface area (Å²) in [4.78, 5) is 26.1. The van der Waals surface area contributed by atoms with Gasteiger partial charge in [0.1, 0.15) is 0 Å². The summed E-state index contributed by atoms with van der Waals surface area (Å²) in [5.74, 6) is -0.0478. The fraction of sp³-hybridized carbons (Fsp3) is 0.364. The third-order valence-electron chi connectivity index (χ3n) is 4.56. The molecule has 26 heavy (non-hydrogen) atoms. The highest BCUT2D eigenvalue weighted by Crippen LogP contribution is 2.26. The molecule has 2 amide bonds. The third kappa shape index (κ3) is 4.94. The predicted octanol–water partition coefficient (Wildman–Crippen LogP) is 3.63. The van der Waals surface area contributed by atoms with Crippen molar-refractivity contribution in [1.29, 1.82) is 0 Å². The highest BCUT2D eigenvalue weighted by molar-refractivity contribution is 5.93. The summed E-state index contributed by atoms with van der Waals surface area (Å²) in [5, 5.41) is 2.93. The lowest BCUT2D eigenvalue weighted by atomic mass is 10.0. The van der Waals surface area contributed by atoms with Gasteiger partial charge in [-0.1, -0.05) is 42.0 Å². The van der Waals surface area contributed by atoms with Crippen LogP contribution in [-0.4, -0.2) is 24.9 Å². The molecule has 0 aliphatic carbocycles. The van der Waals surface area contributed by atoms with Crippen LogP contribution < -0.4 is 10.2 Å². The molecule has 2 rings (SSSR count). The van der Waals surface area contributed by atoms with E-state index >= 15 is 0 Å². The van der Waals surface area contributed by atoms with Gasteiger partial charge < -0.3 is 10.2 Å². The van der Waals surface area contributed by atoms with Crippen LogP contribution in [0.15, 0.2) is 36.4 Å². The van der Waals surface area contributed by atoms with Gasteiger partial charge in [0, 0.05) is 25.7 Å². The van der Waals surface area contributed by atoms with Crippen LogP contribution in [0.5, 0.6) is 0 Å². The summed E-state index contributed by atoms with van der Waals surface area (Å²) < 4.78 is 0. The number of hydrogen-bond donors (Lipinski definition) is 1. The minimum absolute atomic E-state index is 0.0202. The molecule has 138 valence electrons. The molecule has 2 aromatic carbocycles. The van der Waals surface area contributed by atoms with Crippen molar-refractivity contribution in [2.75, 3.05) is 18.0 Å². The maximum Gasteiger partial charge on any atom is 0.224 e. The van der Waals surface area contributed by atoms with Crippen molar-refractivity contribution in [3.8, 4) is 0 Å².